The van der Waals surface area contributed by atoms with Gasteiger partial charge in [0, 0.05) is 24.3 Å². The fourth-order valence-electron chi connectivity index (χ4n) is 4.07. The zero-order valence-corrected chi connectivity index (χ0v) is 19.1. The van der Waals surface area contributed by atoms with Gasteiger partial charge in [-0.25, -0.2) is 13.1 Å². The molecule has 1 amide bonds. The summed E-state index contributed by atoms with van der Waals surface area (Å²) in [5, 5.41) is 4.74. The molecule has 32 heavy (non-hydrogen) atoms. The van der Waals surface area contributed by atoms with Gasteiger partial charge in [0.25, 0.3) is 5.91 Å². The van der Waals surface area contributed by atoms with Crippen LogP contribution in [0.2, 0.25) is 0 Å². The number of carbonyl (C=O) groups excluding carboxylic acids is 1. The second kappa shape index (κ2) is 9.16. The molecule has 1 atom stereocenters. The molecular formula is C24H27N3O4S. The molecule has 0 saturated carbocycles. The molecule has 0 N–H and O–H groups in total. The number of ether oxygens (including phenoxy) is 1. The van der Waals surface area contributed by atoms with Gasteiger partial charge in [-0.15, -0.1) is 0 Å². The van der Waals surface area contributed by atoms with Crippen molar-refractivity contribution in [1.82, 2.24) is 14.7 Å². The molecule has 0 spiro atoms. The molecule has 168 valence electrons. The van der Waals surface area contributed by atoms with Crippen LogP contribution in [-0.4, -0.2) is 60.2 Å². The van der Waals surface area contributed by atoms with Crippen molar-refractivity contribution in [3.8, 4) is 22.7 Å². The molecule has 1 unspecified atom stereocenters. The van der Waals surface area contributed by atoms with Crippen molar-refractivity contribution >= 4 is 15.7 Å². The summed E-state index contributed by atoms with van der Waals surface area (Å²) in [6.07, 6.45) is 2.95. The van der Waals surface area contributed by atoms with Gasteiger partial charge in [0.05, 0.1) is 29.9 Å². The molecule has 1 fully saturated rings. The fraction of sp³-hybridized carbons (Fsp3) is 0.333. The summed E-state index contributed by atoms with van der Waals surface area (Å²) in [6.45, 7) is 2.49. The first-order valence-corrected chi connectivity index (χ1v) is 12.5. The summed E-state index contributed by atoms with van der Waals surface area (Å²) in [6, 6.07) is 16.7. The number of hydrogen-bond donors (Lipinski definition) is 0. The topological polar surface area (TPSA) is 81.5 Å². The average Bonchev–Trinajstić information content (AvgIpc) is 3.41. The molecule has 1 aliphatic rings. The van der Waals surface area contributed by atoms with Gasteiger partial charge < -0.3 is 9.64 Å². The Kier molecular flexibility index (Phi) is 6.32. The third-order valence-corrected chi connectivity index (χ3v) is 7.45. The lowest BCUT2D eigenvalue weighted by molar-refractivity contribution is 0.0698. The molecule has 0 aliphatic carbocycles. The van der Waals surface area contributed by atoms with Gasteiger partial charge in [0.1, 0.15) is 11.4 Å². The van der Waals surface area contributed by atoms with Crippen molar-refractivity contribution in [2.24, 2.45) is 0 Å². The summed E-state index contributed by atoms with van der Waals surface area (Å²) in [5.74, 6) is 0.665. The van der Waals surface area contributed by atoms with Crippen LogP contribution >= 0.6 is 0 Å². The predicted octanol–water partition coefficient (Wildman–Crippen LogP) is 3.59. The zero-order valence-electron chi connectivity index (χ0n) is 18.3. The summed E-state index contributed by atoms with van der Waals surface area (Å²) < 4.78 is 31.1. The van der Waals surface area contributed by atoms with Crippen molar-refractivity contribution in [1.29, 1.82) is 0 Å². The first-order chi connectivity index (χ1) is 15.4. The predicted molar refractivity (Wildman–Crippen MR) is 124 cm³/mol. The summed E-state index contributed by atoms with van der Waals surface area (Å²) >= 11 is 0. The molecule has 4 rings (SSSR count). The number of rotatable bonds is 7. The number of carbonyl (C=O) groups is 1. The monoisotopic (exact) mass is 453 g/mol. The lowest BCUT2D eigenvalue weighted by atomic mass is 10.1. The van der Waals surface area contributed by atoms with Crippen LogP contribution in [0.25, 0.3) is 16.9 Å². The minimum Gasteiger partial charge on any atom is -0.497 e. The van der Waals surface area contributed by atoms with Gasteiger partial charge in [-0.2, -0.15) is 5.10 Å². The van der Waals surface area contributed by atoms with Gasteiger partial charge in [-0.1, -0.05) is 25.1 Å². The van der Waals surface area contributed by atoms with E-state index in [2.05, 4.69) is 0 Å². The Hall–Kier alpha value is -3.13. The summed E-state index contributed by atoms with van der Waals surface area (Å²) in [7, 11) is -1.51. The Morgan fingerprint density at radius 2 is 1.88 bits per heavy atom. The summed E-state index contributed by atoms with van der Waals surface area (Å²) in [4.78, 5) is 15.5. The van der Waals surface area contributed by atoms with Crippen molar-refractivity contribution in [2.75, 3.05) is 25.2 Å². The van der Waals surface area contributed by atoms with E-state index in [4.69, 9.17) is 9.84 Å². The first kappa shape index (κ1) is 22.1. The SMILES string of the molecule is CCCN(C(=O)c1cn(-c2ccccc2)nc1-c1ccc(OC)cc1)C1CCS(=O)(=O)C1. The molecule has 1 aliphatic heterocycles. The molecular weight excluding hydrogens is 426 g/mol. The molecule has 2 aromatic carbocycles. The lowest BCUT2D eigenvalue weighted by Gasteiger charge is -2.27. The van der Waals surface area contributed by atoms with Crippen LogP contribution in [0.15, 0.2) is 60.8 Å². The van der Waals surface area contributed by atoms with Gasteiger partial charge in [0.2, 0.25) is 0 Å². The van der Waals surface area contributed by atoms with Crippen LogP contribution in [-0.2, 0) is 9.84 Å². The van der Waals surface area contributed by atoms with E-state index in [0.717, 1.165) is 17.7 Å². The Bertz CT molecular complexity index is 1190. The van der Waals surface area contributed by atoms with Crippen LogP contribution in [0.4, 0.5) is 0 Å². The van der Waals surface area contributed by atoms with Crippen LogP contribution in [0.5, 0.6) is 5.75 Å². The number of sulfone groups is 1. The van der Waals surface area contributed by atoms with Crippen molar-refractivity contribution in [3.63, 3.8) is 0 Å². The molecule has 0 radical (unpaired) electrons. The number of hydrogen-bond acceptors (Lipinski definition) is 5. The smallest absolute Gasteiger partial charge is 0.257 e. The Morgan fingerprint density at radius 1 is 1.16 bits per heavy atom. The van der Waals surface area contributed by atoms with Crippen LogP contribution in [0.3, 0.4) is 0 Å². The molecule has 0 bridgehead atoms. The van der Waals surface area contributed by atoms with Crippen molar-refractivity contribution in [2.45, 2.75) is 25.8 Å². The minimum atomic E-state index is -3.11. The molecule has 3 aromatic rings. The zero-order chi connectivity index (χ0) is 22.7. The highest BCUT2D eigenvalue weighted by molar-refractivity contribution is 7.91. The van der Waals surface area contributed by atoms with E-state index in [-0.39, 0.29) is 23.5 Å². The maximum atomic E-state index is 13.7. The molecule has 1 aromatic heterocycles. The number of aromatic nitrogens is 2. The van der Waals surface area contributed by atoms with E-state index in [1.165, 1.54) is 0 Å². The Morgan fingerprint density at radius 3 is 2.47 bits per heavy atom. The van der Waals surface area contributed by atoms with E-state index in [0.29, 0.717) is 30.0 Å². The maximum Gasteiger partial charge on any atom is 0.257 e. The van der Waals surface area contributed by atoms with Crippen LogP contribution in [0.1, 0.15) is 30.1 Å². The summed E-state index contributed by atoms with van der Waals surface area (Å²) in [5.41, 5.74) is 2.64. The standard InChI is InChI=1S/C24H27N3O4S/c1-3-14-26(20-13-15-32(29,30)17-20)24(28)22-16-27(19-7-5-4-6-8-19)25-23(22)18-9-11-21(31-2)12-10-18/h4-12,16,20H,3,13-15,17H2,1-2H3. The van der Waals surface area contributed by atoms with Crippen molar-refractivity contribution < 1.29 is 17.9 Å². The number of benzene rings is 2. The van der Waals surface area contributed by atoms with Crippen LogP contribution < -0.4 is 4.74 Å². The third kappa shape index (κ3) is 4.55. The third-order valence-electron chi connectivity index (χ3n) is 5.70. The van der Waals surface area contributed by atoms with E-state index < -0.39 is 9.84 Å². The quantitative estimate of drug-likeness (QED) is 0.546. The van der Waals surface area contributed by atoms with E-state index >= 15 is 0 Å². The van der Waals surface area contributed by atoms with E-state index in [1.54, 1.807) is 22.9 Å². The van der Waals surface area contributed by atoms with Gasteiger partial charge >= 0.3 is 0 Å². The molecule has 2 heterocycles. The number of para-hydroxylation sites is 1. The van der Waals surface area contributed by atoms with Crippen molar-refractivity contribution in [3.05, 3.63) is 66.4 Å². The molecule has 7 nitrogen and oxygen atoms in total. The minimum absolute atomic E-state index is 0.0173. The number of amides is 1. The lowest BCUT2D eigenvalue weighted by Crippen LogP contribution is -2.41. The normalized spacial score (nSPS) is 17.2. The number of nitrogens with zero attached hydrogens (tertiary/aromatic N) is 3. The van der Waals surface area contributed by atoms with E-state index in [9.17, 15) is 13.2 Å². The second-order valence-electron chi connectivity index (χ2n) is 7.96. The Labute approximate surface area is 188 Å². The van der Waals surface area contributed by atoms with E-state index in [1.807, 2.05) is 61.5 Å². The second-order valence-corrected chi connectivity index (χ2v) is 10.2. The van der Waals surface area contributed by atoms with Crippen LogP contribution in [0, 0.1) is 0 Å². The largest absolute Gasteiger partial charge is 0.497 e. The Balaban J connectivity index is 1.78. The van der Waals surface area contributed by atoms with Gasteiger partial charge in [-0.3, -0.25) is 4.79 Å². The van der Waals surface area contributed by atoms with Gasteiger partial charge in [0.15, 0.2) is 9.84 Å². The maximum absolute atomic E-state index is 13.7. The fourth-order valence-corrected chi connectivity index (χ4v) is 5.80. The molecule has 1 saturated heterocycles. The highest BCUT2D eigenvalue weighted by Crippen LogP contribution is 2.29. The highest BCUT2D eigenvalue weighted by Gasteiger charge is 2.36. The molecule has 8 heteroatoms. The van der Waals surface area contributed by atoms with Gasteiger partial charge in [-0.05, 0) is 49.2 Å². The average molecular weight is 454 g/mol. The highest BCUT2D eigenvalue weighted by atomic mass is 32.2. The number of methoxy groups -OCH3 is 1. The first-order valence-electron chi connectivity index (χ1n) is 10.7.